The Morgan fingerprint density at radius 2 is 2.07 bits per heavy atom. The van der Waals surface area contributed by atoms with Gasteiger partial charge in [-0.3, -0.25) is 0 Å². The van der Waals surface area contributed by atoms with Crippen molar-refractivity contribution >= 4 is 0 Å². The van der Waals surface area contributed by atoms with Crippen LogP contribution in [0.25, 0.3) is 0 Å². The maximum Gasteiger partial charge on any atom is 0.119 e. The summed E-state index contributed by atoms with van der Waals surface area (Å²) in [6.45, 7) is 3.19. The highest BCUT2D eigenvalue weighted by Gasteiger charge is 2.24. The van der Waals surface area contributed by atoms with Gasteiger partial charge in [-0.2, -0.15) is 0 Å². The van der Waals surface area contributed by atoms with E-state index in [9.17, 15) is 10.2 Å². The summed E-state index contributed by atoms with van der Waals surface area (Å²) in [7, 11) is 1.60. The monoisotopic (exact) mass is 210 g/mol. The van der Waals surface area contributed by atoms with E-state index in [1.54, 1.807) is 21.0 Å². The molecule has 1 rings (SSSR count). The highest BCUT2D eigenvalue weighted by Crippen LogP contribution is 2.18. The summed E-state index contributed by atoms with van der Waals surface area (Å²) in [5, 5.41) is 19.3. The van der Waals surface area contributed by atoms with Gasteiger partial charge in [-0.05, 0) is 31.5 Å². The molecule has 0 aromatic heterocycles. The fourth-order valence-electron chi connectivity index (χ4n) is 1.27. The predicted octanol–water partition coefficient (Wildman–Crippen LogP) is 1.37. The van der Waals surface area contributed by atoms with Gasteiger partial charge in [0.25, 0.3) is 0 Å². The molecule has 3 nitrogen and oxygen atoms in total. The maximum atomic E-state index is 9.71. The zero-order valence-corrected chi connectivity index (χ0v) is 9.40. The van der Waals surface area contributed by atoms with Crippen molar-refractivity contribution in [2.24, 2.45) is 0 Å². The van der Waals surface area contributed by atoms with Crippen LogP contribution in [0.15, 0.2) is 24.3 Å². The average molecular weight is 210 g/mol. The second-order valence-electron chi connectivity index (χ2n) is 4.23. The van der Waals surface area contributed by atoms with Crippen LogP contribution in [0, 0.1) is 0 Å². The van der Waals surface area contributed by atoms with Gasteiger partial charge in [0.2, 0.25) is 0 Å². The first-order valence-corrected chi connectivity index (χ1v) is 4.97. The minimum Gasteiger partial charge on any atom is -0.497 e. The van der Waals surface area contributed by atoms with Gasteiger partial charge >= 0.3 is 0 Å². The van der Waals surface area contributed by atoms with E-state index in [-0.39, 0.29) is 0 Å². The van der Waals surface area contributed by atoms with Gasteiger partial charge in [-0.1, -0.05) is 12.1 Å². The van der Waals surface area contributed by atoms with Crippen LogP contribution in [0.4, 0.5) is 0 Å². The van der Waals surface area contributed by atoms with Crippen LogP contribution >= 0.6 is 0 Å². The number of ether oxygens (including phenoxy) is 1. The van der Waals surface area contributed by atoms with E-state index in [1.807, 2.05) is 24.3 Å². The predicted molar refractivity (Wildman–Crippen MR) is 59.0 cm³/mol. The third-order valence-corrected chi connectivity index (χ3v) is 2.38. The summed E-state index contributed by atoms with van der Waals surface area (Å²) in [6.07, 6.45) is -0.356. The van der Waals surface area contributed by atoms with Crippen LogP contribution in [-0.2, 0) is 6.42 Å². The minimum atomic E-state index is -1.08. The van der Waals surface area contributed by atoms with Crippen molar-refractivity contribution in [3.8, 4) is 5.75 Å². The van der Waals surface area contributed by atoms with Crippen molar-refractivity contribution in [3.63, 3.8) is 0 Å². The highest BCUT2D eigenvalue weighted by atomic mass is 16.5. The molecule has 0 bridgehead atoms. The number of hydrogen-bond acceptors (Lipinski definition) is 3. The maximum absolute atomic E-state index is 9.71. The van der Waals surface area contributed by atoms with E-state index in [0.29, 0.717) is 6.42 Å². The van der Waals surface area contributed by atoms with Gasteiger partial charge in [-0.15, -0.1) is 0 Å². The molecule has 15 heavy (non-hydrogen) atoms. The number of rotatable bonds is 4. The number of aliphatic hydroxyl groups excluding tert-OH is 1. The van der Waals surface area contributed by atoms with Gasteiger partial charge in [0.15, 0.2) is 0 Å². The van der Waals surface area contributed by atoms with Gasteiger partial charge < -0.3 is 14.9 Å². The lowest BCUT2D eigenvalue weighted by atomic mass is 9.95. The van der Waals surface area contributed by atoms with Gasteiger partial charge in [0.1, 0.15) is 5.75 Å². The van der Waals surface area contributed by atoms with Crippen LogP contribution in [0.2, 0.25) is 0 Å². The van der Waals surface area contributed by atoms with Gasteiger partial charge in [0, 0.05) is 6.42 Å². The second-order valence-corrected chi connectivity index (χ2v) is 4.23. The summed E-state index contributed by atoms with van der Waals surface area (Å²) in [4.78, 5) is 0. The fraction of sp³-hybridized carbons (Fsp3) is 0.500. The largest absolute Gasteiger partial charge is 0.497 e. The molecule has 3 heteroatoms. The van der Waals surface area contributed by atoms with Crippen molar-refractivity contribution < 1.29 is 14.9 Å². The number of methoxy groups -OCH3 is 1. The number of hydrogen-bond donors (Lipinski definition) is 2. The molecule has 1 aromatic rings. The Bertz CT molecular complexity index is 315. The van der Waals surface area contributed by atoms with Gasteiger partial charge in [0.05, 0.1) is 18.8 Å². The SMILES string of the molecule is COc1cccc(CC(O)C(C)(C)O)c1. The lowest BCUT2D eigenvalue weighted by molar-refractivity contribution is -0.0469. The Hall–Kier alpha value is -1.06. The molecule has 1 unspecified atom stereocenters. The van der Waals surface area contributed by atoms with E-state index in [4.69, 9.17) is 4.74 Å². The standard InChI is InChI=1S/C12H18O3/c1-12(2,14)11(13)8-9-5-4-6-10(7-9)15-3/h4-7,11,13-14H,8H2,1-3H3. The molecule has 0 heterocycles. The van der Waals surface area contributed by atoms with Crippen molar-refractivity contribution in [2.45, 2.75) is 32.0 Å². The van der Waals surface area contributed by atoms with E-state index < -0.39 is 11.7 Å². The smallest absolute Gasteiger partial charge is 0.119 e. The van der Waals surface area contributed by atoms with Crippen LogP contribution in [0.3, 0.4) is 0 Å². The number of aliphatic hydroxyl groups is 2. The fourth-order valence-corrected chi connectivity index (χ4v) is 1.27. The molecule has 1 aromatic carbocycles. The van der Waals surface area contributed by atoms with E-state index >= 15 is 0 Å². The summed E-state index contributed by atoms with van der Waals surface area (Å²) < 4.78 is 5.08. The summed E-state index contributed by atoms with van der Waals surface area (Å²) in [5.74, 6) is 0.760. The van der Waals surface area contributed by atoms with E-state index in [1.165, 1.54) is 0 Å². The van der Waals surface area contributed by atoms with Crippen LogP contribution < -0.4 is 4.74 Å². The Balaban J connectivity index is 2.72. The normalized spacial score (nSPS) is 13.7. The van der Waals surface area contributed by atoms with Crippen LogP contribution in [-0.4, -0.2) is 29.0 Å². The first-order valence-electron chi connectivity index (χ1n) is 4.97. The number of benzene rings is 1. The zero-order valence-electron chi connectivity index (χ0n) is 9.40. The van der Waals surface area contributed by atoms with Crippen molar-refractivity contribution in [1.82, 2.24) is 0 Å². The first-order chi connectivity index (χ1) is 6.93. The molecule has 0 aliphatic carbocycles. The molecule has 0 saturated heterocycles. The van der Waals surface area contributed by atoms with Crippen LogP contribution in [0.5, 0.6) is 5.75 Å². The Morgan fingerprint density at radius 3 is 2.60 bits per heavy atom. The molecule has 0 aliphatic heterocycles. The topological polar surface area (TPSA) is 49.7 Å². The molecule has 0 saturated carbocycles. The highest BCUT2D eigenvalue weighted by molar-refractivity contribution is 5.29. The van der Waals surface area contributed by atoms with Gasteiger partial charge in [-0.25, -0.2) is 0 Å². The minimum absolute atomic E-state index is 0.417. The molecular formula is C12H18O3. The molecule has 0 radical (unpaired) electrons. The van der Waals surface area contributed by atoms with Crippen molar-refractivity contribution in [3.05, 3.63) is 29.8 Å². The summed E-state index contributed by atoms with van der Waals surface area (Å²) >= 11 is 0. The third-order valence-electron chi connectivity index (χ3n) is 2.38. The van der Waals surface area contributed by atoms with E-state index in [2.05, 4.69) is 0 Å². The second kappa shape index (κ2) is 4.64. The molecular weight excluding hydrogens is 192 g/mol. The average Bonchev–Trinajstić information content (AvgIpc) is 2.16. The van der Waals surface area contributed by atoms with Crippen molar-refractivity contribution in [2.75, 3.05) is 7.11 Å². The van der Waals surface area contributed by atoms with Crippen molar-refractivity contribution in [1.29, 1.82) is 0 Å². The molecule has 0 amide bonds. The molecule has 2 N–H and O–H groups in total. The third kappa shape index (κ3) is 3.53. The molecule has 84 valence electrons. The quantitative estimate of drug-likeness (QED) is 0.789. The Morgan fingerprint density at radius 1 is 1.40 bits per heavy atom. The molecule has 0 aliphatic rings. The Kier molecular flexibility index (Phi) is 3.72. The lowest BCUT2D eigenvalue weighted by Gasteiger charge is -2.24. The lowest BCUT2D eigenvalue weighted by Crippen LogP contribution is -2.37. The van der Waals surface area contributed by atoms with Crippen LogP contribution in [0.1, 0.15) is 19.4 Å². The molecule has 0 fully saturated rings. The zero-order chi connectivity index (χ0) is 11.5. The molecule has 0 spiro atoms. The summed E-state index contributed by atoms with van der Waals surface area (Å²) in [6, 6.07) is 7.47. The molecule has 1 atom stereocenters. The van der Waals surface area contributed by atoms with E-state index in [0.717, 1.165) is 11.3 Å². The summed E-state index contributed by atoms with van der Waals surface area (Å²) in [5.41, 5.74) is -0.132. The first kappa shape index (κ1) is 12.0. The Labute approximate surface area is 90.3 Å².